The van der Waals surface area contributed by atoms with Crippen LogP contribution in [0.15, 0.2) is 79.4 Å². The molecule has 0 radical (unpaired) electrons. The Bertz CT molecular complexity index is 1070. The average Bonchev–Trinajstić information content (AvgIpc) is 3.52. The lowest BCUT2D eigenvalue weighted by Crippen LogP contribution is -2.38. The predicted octanol–water partition coefficient (Wildman–Crippen LogP) is 12.4. The summed E-state index contributed by atoms with van der Waals surface area (Å²) in [5.74, 6) is 0. The highest BCUT2D eigenvalue weighted by Crippen LogP contribution is 2.41. The fourth-order valence-electron chi connectivity index (χ4n) is 7.21. The van der Waals surface area contributed by atoms with Crippen molar-refractivity contribution >= 4 is 0 Å². The van der Waals surface area contributed by atoms with Crippen molar-refractivity contribution in [3.63, 3.8) is 0 Å². The van der Waals surface area contributed by atoms with Crippen molar-refractivity contribution in [3.8, 4) is 0 Å². The number of nitrogens with zero attached hydrogens (tertiary/aromatic N) is 2. The van der Waals surface area contributed by atoms with Crippen LogP contribution in [0.25, 0.3) is 0 Å². The van der Waals surface area contributed by atoms with Gasteiger partial charge in [0.1, 0.15) is 18.4 Å². The molecule has 2 nitrogen and oxygen atoms in total. The topological polar surface area (TPSA) is 8.81 Å². The van der Waals surface area contributed by atoms with E-state index in [1.54, 1.807) is 0 Å². The lowest BCUT2D eigenvalue weighted by atomic mass is 9.70. The third-order valence-electron chi connectivity index (χ3n) is 10.0. The van der Waals surface area contributed by atoms with Gasteiger partial charge in [0.2, 0.25) is 6.33 Å². The molecule has 0 aliphatic carbocycles. The highest BCUT2D eigenvalue weighted by molar-refractivity contribution is 5.30. The van der Waals surface area contributed by atoms with E-state index in [1.807, 2.05) is 0 Å². The number of aromatic nitrogens is 2. The fraction of sp³-hybridized carbons (Fsp3) is 0.643. The molecule has 3 aromatic rings. The van der Waals surface area contributed by atoms with Gasteiger partial charge in [-0.15, -0.1) is 0 Å². The Kier molecular flexibility index (Phi) is 18.2. The van der Waals surface area contributed by atoms with Crippen molar-refractivity contribution in [1.82, 2.24) is 4.57 Å². The zero-order chi connectivity index (χ0) is 31.1. The molecule has 0 amide bonds. The molecule has 2 aromatic carbocycles. The summed E-state index contributed by atoms with van der Waals surface area (Å²) in [6.45, 7) is 8.26. The molecular formula is C42H67N2+. The highest BCUT2D eigenvalue weighted by atomic mass is 15.1. The van der Waals surface area contributed by atoms with Crippen LogP contribution in [0.4, 0.5) is 0 Å². The SMILES string of the molecule is CCCCCCCCCCCCCCCCC[n+]1ccn(C(CCCCCC)C(C)(Cc2ccccc2)c2ccccc2)c1. The fourth-order valence-corrected chi connectivity index (χ4v) is 7.21. The van der Waals surface area contributed by atoms with Crippen molar-refractivity contribution in [2.45, 2.75) is 174 Å². The van der Waals surface area contributed by atoms with Gasteiger partial charge in [0, 0.05) is 5.41 Å². The van der Waals surface area contributed by atoms with Crippen molar-refractivity contribution in [1.29, 1.82) is 0 Å². The van der Waals surface area contributed by atoms with Crippen LogP contribution in [0.3, 0.4) is 0 Å². The van der Waals surface area contributed by atoms with Crippen LogP contribution >= 0.6 is 0 Å². The molecule has 0 fully saturated rings. The van der Waals surface area contributed by atoms with E-state index in [2.05, 4.69) is 109 Å². The summed E-state index contributed by atoms with van der Waals surface area (Å²) in [7, 11) is 0. The van der Waals surface area contributed by atoms with Crippen molar-refractivity contribution in [2.75, 3.05) is 0 Å². The molecule has 0 saturated carbocycles. The van der Waals surface area contributed by atoms with Crippen LogP contribution in [-0.2, 0) is 18.4 Å². The largest absolute Gasteiger partial charge is 0.244 e. The number of rotatable bonds is 26. The molecule has 0 aliphatic heterocycles. The first-order valence-electron chi connectivity index (χ1n) is 18.8. The van der Waals surface area contributed by atoms with E-state index in [0.717, 1.165) is 13.0 Å². The molecule has 1 heterocycles. The second-order valence-corrected chi connectivity index (χ2v) is 13.9. The predicted molar refractivity (Wildman–Crippen MR) is 191 cm³/mol. The summed E-state index contributed by atoms with van der Waals surface area (Å²) in [5.41, 5.74) is 2.89. The van der Waals surface area contributed by atoms with Gasteiger partial charge in [-0.25, -0.2) is 9.13 Å². The lowest BCUT2D eigenvalue weighted by Gasteiger charge is -2.37. The highest BCUT2D eigenvalue weighted by Gasteiger charge is 2.40. The molecule has 2 atom stereocenters. The Hall–Kier alpha value is -2.35. The Labute approximate surface area is 272 Å². The van der Waals surface area contributed by atoms with Gasteiger partial charge in [0.15, 0.2) is 0 Å². The maximum atomic E-state index is 2.56. The third kappa shape index (κ3) is 13.3. The van der Waals surface area contributed by atoms with Gasteiger partial charge in [-0.1, -0.05) is 184 Å². The van der Waals surface area contributed by atoms with E-state index in [-0.39, 0.29) is 5.41 Å². The average molecular weight is 600 g/mol. The molecule has 0 spiro atoms. The van der Waals surface area contributed by atoms with Crippen LogP contribution in [0.2, 0.25) is 0 Å². The van der Waals surface area contributed by atoms with Gasteiger partial charge in [-0.05, 0) is 43.2 Å². The van der Waals surface area contributed by atoms with Gasteiger partial charge >= 0.3 is 0 Å². The molecule has 2 unspecified atom stereocenters. The minimum absolute atomic E-state index is 0.0142. The molecule has 0 aliphatic rings. The molecular weight excluding hydrogens is 532 g/mol. The zero-order valence-electron chi connectivity index (χ0n) is 29.0. The number of unbranched alkanes of at least 4 members (excludes halogenated alkanes) is 17. The van der Waals surface area contributed by atoms with Crippen LogP contribution in [0.1, 0.15) is 166 Å². The summed E-state index contributed by atoms with van der Waals surface area (Å²) in [4.78, 5) is 0. The maximum absolute atomic E-state index is 2.56. The first kappa shape index (κ1) is 36.1. The second-order valence-electron chi connectivity index (χ2n) is 13.9. The van der Waals surface area contributed by atoms with Crippen molar-refractivity contribution in [3.05, 3.63) is 90.5 Å². The van der Waals surface area contributed by atoms with Gasteiger partial charge in [-0.3, -0.25) is 0 Å². The van der Waals surface area contributed by atoms with Gasteiger partial charge < -0.3 is 0 Å². The molecule has 244 valence electrons. The van der Waals surface area contributed by atoms with Gasteiger partial charge in [-0.2, -0.15) is 0 Å². The monoisotopic (exact) mass is 600 g/mol. The van der Waals surface area contributed by atoms with Gasteiger partial charge in [0.05, 0.1) is 6.54 Å². The molecule has 0 bridgehead atoms. The summed E-state index contributed by atoms with van der Waals surface area (Å²) < 4.78 is 5.02. The summed E-state index contributed by atoms with van der Waals surface area (Å²) in [5, 5.41) is 0. The number of hydrogen-bond donors (Lipinski definition) is 0. The summed E-state index contributed by atoms with van der Waals surface area (Å²) in [6, 6.07) is 22.9. The lowest BCUT2D eigenvalue weighted by molar-refractivity contribution is -0.697. The summed E-state index contributed by atoms with van der Waals surface area (Å²) >= 11 is 0. The Morgan fingerprint density at radius 2 is 1.07 bits per heavy atom. The Balaban J connectivity index is 1.48. The quantitative estimate of drug-likeness (QED) is 0.0641. The van der Waals surface area contributed by atoms with E-state index >= 15 is 0 Å². The standard InChI is InChI=1S/C42H67N2/c1-4-6-8-10-11-12-13-14-15-16-17-18-19-20-28-34-43-35-36-44(38-43)41(33-27-9-7-5-2)42(3,40-31-25-22-26-32-40)37-39-29-23-21-24-30-39/h21-26,29-32,35-36,38,41H,4-20,27-28,33-34,37H2,1-3H3/q+1. The first-order chi connectivity index (χ1) is 21.7. The van der Waals surface area contributed by atoms with Crippen molar-refractivity contribution in [2.24, 2.45) is 0 Å². The third-order valence-corrected chi connectivity index (χ3v) is 10.0. The first-order valence-corrected chi connectivity index (χ1v) is 18.8. The Morgan fingerprint density at radius 1 is 0.591 bits per heavy atom. The normalized spacial score (nSPS) is 13.6. The number of imidazole rings is 1. The zero-order valence-corrected chi connectivity index (χ0v) is 29.0. The number of hydrogen-bond acceptors (Lipinski definition) is 0. The Morgan fingerprint density at radius 3 is 1.61 bits per heavy atom. The van der Waals surface area contributed by atoms with Crippen LogP contribution in [0.5, 0.6) is 0 Å². The van der Waals surface area contributed by atoms with E-state index < -0.39 is 0 Å². The summed E-state index contributed by atoms with van der Waals surface area (Å²) in [6.07, 6.45) is 35.9. The second kappa shape index (κ2) is 22.2. The maximum Gasteiger partial charge on any atom is 0.244 e. The van der Waals surface area contributed by atoms with Crippen molar-refractivity contribution < 1.29 is 4.57 Å². The van der Waals surface area contributed by atoms with Gasteiger partial charge in [0.25, 0.3) is 0 Å². The number of aryl methyl sites for hydroxylation is 1. The van der Waals surface area contributed by atoms with E-state index in [0.29, 0.717) is 6.04 Å². The minimum atomic E-state index is 0.0142. The van der Waals surface area contributed by atoms with Crippen LogP contribution in [-0.4, -0.2) is 4.57 Å². The molecule has 0 saturated heterocycles. The number of benzene rings is 2. The molecule has 3 rings (SSSR count). The smallest absolute Gasteiger partial charge is 0.237 e. The molecule has 44 heavy (non-hydrogen) atoms. The van der Waals surface area contributed by atoms with E-state index in [4.69, 9.17) is 0 Å². The van der Waals surface area contributed by atoms with E-state index in [1.165, 1.54) is 140 Å². The molecule has 2 heteroatoms. The van der Waals surface area contributed by atoms with Crippen LogP contribution in [0, 0.1) is 0 Å². The van der Waals surface area contributed by atoms with E-state index in [9.17, 15) is 0 Å². The molecule has 1 aromatic heterocycles. The van der Waals surface area contributed by atoms with Crippen LogP contribution < -0.4 is 4.57 Å². The minimum Gasteiger partial charge on any atom is -0.237 e. The molecule has 0 N–H and O–H groups in total.